The van der Waals surface area contributed by atoms with Gasteiger partial charge >= 0.3 is 0 Å². The van der Waals surface area contributed by atoms with Gasteiger partial charge in [0.1, 0.15) is 5.82 Å². The van der Waals surface area contributed by atoms with E-state index in [1.165, 1.54) is 38.9 Å². The van der Waals surface area contributed by atoms with Crippen LogP contribution < -0.4 is 5.32 Å². The van der Waals surface area contributed by atoms with Crippen molar-refractivity contribution in [2.45, 2.75) is 44.8 Å². The molecule has 3 heterocycles. The van der Waals surface area contributed by atoms with E-state index < -0.39 is 0 Å². The number of fused-ring (bicyclic) bond motifs is 1. The van der Waals surface area contributed by atoms with Crippen molar-refractivity contribution in [2.75, 3.05) is 32.0 Å². The summed E-state index contributed by atoms with van der Waals surface area (Å²) in [6, 6.07) is 1.36. The third-order valence-electron chi connectivity index (χ3n) is 4.64. The van der Waals surface area contributed by atoms with E-state index in [1.807, 2.05) is 19.4 Å². The average Bonchev–Trinajstić information content (AvgIpc) is 2.49. The molecule has 3 rings (SSSR count). The molecule has 2 atom stereocenters. The summed E-state index contributed by atoms with van der Waals surface area (Å²) >= 11 is 0. The molecule has 1 aromatic rings. The van der Waals surface area contributed by atoms with E-state index >= 15 is 0 Å². The first kappa shape index (κ1) is 13.8. The Kier molecular flexibility index (Phi) is 4.17. The summed E-state index contributed by atoms with van der Waals surface area (Å²) < 4.78 is 0. The van der Waals surface area contributed by atoms with Crippen LogP contribution >= 0.6 is 0 Å². The first-order chi connectivity index (χ1) is 9.76. The summed E-state index contributed by atoms with van der Waals surface area (Å²) in [7, 11) is 1.87. The van der Waals surface area contributed by atoms with Gasteiger partial charge in [-0.05, 0) is 26.3 Å². The number of nitrogens with one attached hydrogen (secondary N) is 1. The van der Waals surface area contributed by atoms with Crippen molar-refractivity contribution in [3.8, 4) is 0 Å². The van der Waals surface area contributed by atoms with Crippen LogP contribution in [0.15, 0.2) is 12.4 Å². The van der Waals surface area contributed by atoms with Gasteiger partial charge in [0.05, 0.1) is 18.1 Å². The van der Waals surface area contributed by atoms with Gasteiger partial charge in [0.2, 0.25) is 0 Å². The maximum Gasteiger partial charge on any atom is 0.144 e. The molecular weight excluding hydrogens is 250 g/mol. The van der Waals surface area contributed by atoms with Crippen LogP contribution in [0.3, 0.4) is 0 Å². The van der Waals surface area contributed by atoms with Crippen LogP contribution in [0.5, 0.6) is 0 Å². The summed E-state index contributed by atoms with van der Waals surface area (Å²) in [6.45, 7) is 6.92. The van der Waals surface area contributed by atoms with E-state index in [1.54, 1.807) is 0 Å². The van der Waals surface area contributed by atoms with Gasteiger partial charge in [-0.3, -0.25) is 14.8 Å². The molecule has 0 saturated carbocycles. The average molecular weight is 275 g/mol. The number of piperazine rings is 1. The highest BCUT2D eigenvalue weighted by atomic mass is 15.3. The molecule has 0 bridgehead atoms. The summed E-state index contributed by atoms with van der Waals surface area (Å²) in [6.07, 6.45) is 7.83. The molecule has 0 radical (unpaired) electrons. The molecule has 2 unspecified atom stereocenters. The van der Waals surface area contributed by atoms with Crippen LogP contribution in [-0.4, -0.2) is 58.5 Å². The molecule has 0 spiro atoms. The highest BCUT2D eigenvalue weighted by molar-refractivity contribution is 5.29. The monoisotopic (exact) mass is 275 g/mol. The van der Waals surface area contributed by atoms with Crippen LogP contribution in [0.25, 0.3) is 0 Å². The molecular formula is C15H25N5. The lowest BCUT2D eigenvalue weighted by molar-refractivity contribution is 0.0104. The Hall–Kier alpha value is -1.20. The second-order valence-corrected chi connectivity index (χ2v) is 6.07. The fraction of sp³-hybridized carbons (Fsp3) is 0.733. The van der Waals surface area contributed by atoms with E-state index in [4.69, 9.17) is 0 Å². The third-order valence-corrected chi connectivity index (χ3v) is 4.64. The van der Waals surface area contributed by atoms with E-state index in [-0.39, 0.29) is 0 Å². The second-order valence-electron chi connectivity index (χ2n) is 6.07. The standard InChI is InChI=1S/C15H25N5/c1-12-9-19-6-4-3-5-14(19)11-20(12)10-13-7-18-15(16-2)8-17-13/h7-8,12,14H,3-6,9-11H2,1-2H3,(H,16,18). The van der Waals surface area contributed by atoms with Crippen LogP contribution in [0, 0.1) is 0 Å². The smallest absolute Gasteiger partial charge is 0.144 e. The van der Waals surface area contributed by atoms with E-state index in [2.05, 4.69) is 32.0 Å². The lowest BCUT2D eigenvalue weighted by Crippen LogP contribution is -2.58. The van der Waals surface area contributed by atoms with Crippen molar-refractivity contribution in [2.24, 2.45) is 0 Å². The highest BCUT2D eigenvalue weighted by Crippen LogP contribution is 2.24. The normalized spacial score (nSPS) is 28.1. The maximum atomic E-state index is 4.50. The molecule has 2 aliphatic rings. The molecule has 0 aliphatic carbocycles. The quantitative estimate of drug-likeness (QED) is 0.907. The fourth-order valence-corrected chi connectivity index (χ4v) is 3.41. The third kappa shape index (κ3) is 2.94. The van der Waals surface area contributed by atoms with E-state index in [9.17, 15) is 0 Å². The summed E-state index contributed by atoms with van der Waals surface area (Å²) in [4.78, 5) is 14.1. The van der Waals surface area contributed by atoms with Crippen LogP contribution in [0.2, 0.25) is 0 Å². The van der Waals surface area contributed by atoms with Gasteiger partial charge in [0.15, 0.2) is 0 Å². The van der Waals surface area contributed by atoms with Gasteiger partial charge in [-0.1, -0.05) is 6.42 Å². The van der Waals surface area contributed by atoms with Crippen molar-refractivity contribution in [1.29, 1.82) is 0 Å². The number of rotatable bonds is 3. The lowest BCUT2D eigenvalue weighted by Gasteiger charge is -2.47. The Balaban J connectivity index is 1.63. The minimum Gasteiger partial charge on any atom is -0.372 e. The number of nitrogens with zero attached hydrogens (tertiary/aromatic N) is 4. The summed E-state index contributed by atoms with van der Waals surface area (Å²) in [5.74, 6) is 0.832. The van der Waals surface area contributed by atoms with Gasteiger partial charge in [0, 0.05) is 38.8 Å². The van der Waals surface area contributed by atoms with Gasteiger partial charge < -0.3 is 5.32 Å². The number of hydrogen-bond acceptors (Lipinski definition) is 5. The Bertz CT molecular complexity index is 432. The molecule has 5 nitrogen and oxygen atoms in total. The van der Waals surface area contributed by atoms with Crippen molar-refractivity contribution in [1.82, 2.24) is 19.8 Å². The molecule has 1 aromatic heterocycles. The number of aromatic nitrogens is 2. The van der Waals surface area contributed by atoms with Crippen molar-refractivity contribution < 1.29 is 0 Å². The van der Waals surface area contributed by atoms with Gasteiger partial charge in [-0.2, -0.15) is 0 Å². The zero-order chi connectivity index (χ0) is 13.9. The van der Waals surface area contributed by atoms with Gasteiger partial charge in [-0.15, -0.1) is 0 Å². The minimum absolute atomic E-state index is 0.607. The number of piperidine rings is 1. The number of hydrogen-bond donors (Lipinski definition) is 1. The van der Waals surface area contributed by atoms with Crippen molar-refractivity contribution >= 4 is 5.82 Å². The van der Waals surface area contributed by atoms with Gasteiger partial charge in [-0.25, -0.2) is 4.98 Å². The van der Waals surface area contributed by atoms with Crippen molar-refractivity contribution in [3.63, 3.8) is 0 Å². The van der Waals surface area contributed by atoms with Crippen LogP contribution in [0.1, 0.15) is 31.9 Å². The first-order valence-electron chi connectivity index (χ1n) is 7.73. The molecule has 1 N–H and O–H groups in total. The molecule has 0 aromatic carbocycles. The molecule has 0 amide bonds. The highest BCUT2D eigenvalue weighted by Gasteiger charge is 2.32. The van der Waals surface area contributed by atoms with E-state index in [0.29, 0.717) is 6.04 Å². The molecule has 2 fully saturated rings. The Morgan fingerprint density at radius 1 is 1.25 bits per heavy atom. The SMILES string of the molecule is CNc1cnc(CN2CC3CCCCN3CC2C)cn1. The first-order valence-corrected chi connectivity index (χ1v) is 7.73. The zero-order valence-corrected chi connectivity index (χ0v) is 12.5. The maximum absolute atomic E-state index is 4.50. The topological polar surface area (TPSA) is 44.3 Å². The van der Waals surface area contributed by atoms with Crippen molar-refractivity contribution in [3.05, 3.63) is 18.1 Å². The predicted molar refractivity (Wildman–Crippen MR) is 80.7 cm³/mol. The second kappa shape index (κ2) is 6.06. The molecule has 2 aliphatic heterocycles. The van der Waals surface area contributed by atoms with Crippen LogP contribution in [0.4, 0.5) is 5.82 Å². The molecule has 110 valence electrons. The zero-order valence-electron chi connectivity index (χ0n) is 12.5. The minimum atomic E-state index is 0.607. The Morgan fingerprint density at radius 2 is 2.15 bits per heavy atom. The largest absolute Gasteiger partial charge is 0.372 e. The Morgan fingerprint density at radius 3 is 2.90 bits per heavy atom. The summed E-state index contributed by atoms with van der Waals surface area (Å²) in [5, 5.41) is 3.01. The molecule has 5 heteroatoms. The lowest BCUT2D eigenvalue weighted by atomic mass is 9.97. The van der Waals surface area contributed by atoms with Gasteiger partial charge in [0.25, 0.3) is 0 Å². The fourth-order valence-electron chi connectivity index (χ4n) is 3.41. The number of anilines is 1. The van der Waals surface area contributed by atoms with E-state index in [0.717, 1.165) is 24.1 Å². The van der Waals surface area contributed by atoms with Crippen LogP contribution in [-0.2, 0) is 6.54 Å². The summed E-state index contributed by atoms with van der Waals surface area (Å²) in [5.41, 5.74) is 1.07. The predicted octanol–water partition coefficient (Wildman–Crippen LogP) is 1.58. The molecule has 20 heavy (non-hydrogen) atoms. The Labute approximate surface area is 121 Å². The molecule has 2 saturated heterocycles.